The van der Waals surface area contributed by atoms with E-state index in [9.17, 15) is 4.79 Å². The zero-order valence-electron chi connectivity index (χ0n) is 10.3. The van der Waals surface area contributed by atoms with Gasteiger partial charge < -0.3 is 14.0 Å². The number of nitrogens with zero attached hydrogens (tertiary/aromatic N) is 1. The van der Waals surface area contributed by atoms with Crippen molar-refractivity contribution >= 4 is 21.9 Å². The molecular formula is C13H12BrNO4. The molecule has 0 aliphatic carbocycles. The van der Waals surface area contributed by atoms with E-state index < -0.39 is 5.97 Å². The SMILES string of the molecule is CCOC(=O)c1cc(COc2ccc(Br)cc2)on1. The largest absolute Gasteiger partial charge is 0.486 e. The summed E-state index contributed by atoms with van der Waals surface area (Å²) in [5, 5.41) is 3.62. The maximum absolute atomic E-state index is 11.4. The molecular weight excluding hydrogens is 314 g/mol. The summed E-state index contributed by atoms with van der Waals surface area (Å²) in [6, 6.07) is 8.91. The maximum Gasteiger partial charge on any atom is 0.360 e. The minimum Gasteiger partial charge on any atom is -0.486 e. The summed E-state index contributed by atoms with van der Waals surface area (Å²) in [6.45, 7) is 2.24. The van der Waals surface area contributed by atoms with Crippen LogP contribution in [0, 0.1) is 0 Å². The van der Waals surface area contributed by atoms with E-state index in [1.807, 2.05) is 24.3 Å². The van der Waals surface area contributed by atoms with Crippen LogP contribution in [0.25, 0.3) is 0 Å². The Kier molecular flexibility index (Phi) is 4.57. The van der Waals surface area contributed by atoms with Gasteiger partial charge in [0.15, 0.2) is 11.5 Å². The predicted molar refractivity (Wildman–Crippen MR) is 70.9 cm³/mol. The minimum absolute atomic E-state index is 0.149. The fourth-order valence-electron chi connectivity index (χ4n) is 1.37. The van der Waals surface area contributed by atoms with E-state index in [-0.39, 0.29) is 12.3 Å². The van der Waals surface area contributed by atoms with Gasteiger partial charge in [0, 0.05) is 10.5 Å². The summed E-state index contributed by atoms with van der Waals surface area (Å²) in [6.07, 6.45) is 0. The maximum atomic E-state index is 11.4. The van der Waals surface area contributed by atoms with E-state index in [1.54, 1.807) is 6.92 Å². The van der Waals surface area contributed by atoms with Crippen molar-refractivity contribution in [3.05, 3.63) is 46.3 Å². The molecule has 1 aromatic carbocycles. The van der Waals surface area contributed by atoms with E-state index in [4.69, 9.17) is 14.0 Å². The van der Waals surface area contributed by atoms with E-state index in [2.05, 4.69) is 21.1 Å². The molecule has 0 aliphatic rings. The monoisotopic (exact) mass is 325 g/mol. The number of halogens is 1. The molecule has 100 valence electrons. The number of carbonyl (C=O) groups is 1. The summed E-state index contributed by atoms with van der Waals surface area (Å²) in [5.74, 6) is 0.671. The normalized spacial score (nSPS) is 10.2. The summed E-state index contributed by atoms with van der Waals surface area (Å²) in [5.41, 5.74) is 0.149. The predicted octanol–water partition coefficient (Wildman–Crippen LogP) is 3.19. The van der Waals surface area contributed by atoms with Gasteiger partial charge in [0.1, 0.15) is 12.4 Å². The Bertz CT molecular complexity index is 550. The number of benzene rings is 1. The van der Waals surface area contributed by atoms with Gasteiger partial charge in [-0.1, -0.05) is 21.1 Å². The van der Waals surface area contributed by atoms with Gasteiger partial charge >= 0.3 is 5.97 Å². The molecule has 0 N–H and O–H groups in total. The van der Waals surface area contributed by atoms with Crippen molar-refractivity contribution in [2.24, 2.45) is 0 Å². The van der Waals surface area contributed by atoms with Gasteiger partial charge in [-0.3, -0.25) is 0 Å². The van der Waals surface area contributed by atoms with Crippen LogP contribution >= 0.6 is 15.9 Å². The molecule has 0 saturated heterocycles. The number of carbonyl (C=O) groups excluding carboxylic acids is 1. The molecule has 0 amide bonds. The van der Waals surface area contributed by atoms with E-state index in [1.165, 1.54) is 6.07 Å². The van der Waals surface area contributed by atoms with E-state index in [0.717, 1.165) is 4.47 Å². The van der Waals surface area contributed by atoms with Crippen LogP contribution in [0.3, 0.4) is 0 Å². The van der Waals surface area contributed by atoms with Gasteiger partial charge in [-0.15, -0.1) is 0 Å². The molecule has 0 saturated carbocycles. The van der Waals surface area contributed by atoms with Gasteiger partial charge in [0.25, 0.3) is 0 Å². The molecule has 0 fully saturated rings. The van der Waals surface area contributed by atoms with E-state index in [0.29, 0.717) is 18.1 Å². The molecule has 2 rings (SSSR count). The van der Waals surface area contributed by atoms with Crippen molar-refractivity contribution in [1.82, 2.24) is 5.16 Å². The van der Waals surface area contributed by atoms with Crippen molar-refractivity contribution in [2.45, 2.75) is 13.5 Å². The van der Waals surface area contributed by atoms with E-state index >= 15 is 0 Å². The highest BCUT2D eigenvalue weighted by Gasteiger charge is 2.13. The lowest BCUT2D eigenvalue weighted by Gasteiger charge is -2.02. The Hall–Kier alpha value is -1.82. The molecule has 6 heteroatoms. The van der Waals surface area contributed by atoms with Crippen molar-refractivity contribution in [1.29, 1.82) is 0 Å². The fourth-order valence-corrected chi connectivity index (χ4v) is 1.63. The Morgan fingerprint density at radius 1 is 1.37 bits per heavy atom. The fraction of sp³-hybridized carbons (Fsp3) is 0.231. The van der Waals surface area contributed by atoms with Crippen LogP contribution in [0.5, 0.6) is 5.75 Å². The second kappa shape index (κ2) is 6.38. The van der Waals surface area contributed by atoms with Crippen molar-refractivity contribution in [3.8, 4) is 5.75 Å². The molecule has 0 unspecified atom stereocenters. The first kappa shape index (κ1) is 13.6. The topological polar surface area (TPSA) is 61.6 Å². The quantitative estimate of drug-likeness (QED) is 0.790. The highest BCUT2D eigenvalue weighted by atomic mass is 79.9. The number of hydrogen-bond donors (Lipinski definition) is 0. The number of hydrogen-bond acceptors (Lipinski definition) is 5. The summed E-state index contributed by atoms with van der Waals surface area (Å²) in [4.78, 5) is 11.4. The molecule has 1 aromatic heterocycles. The van der Waals surface area contributed by atoms with Crippen LogP contribution in [-0.2, 0) is 11.3 Å². The lowest BCUT2D eigenvalue weighted by atomic mass is 10.3. The summed E-state index contributed by atoms with van der Waals surface area (Å²) < 4.78 is 16.3. The first-order valence-corrected chi connectivity index (χ1v) is 6.49. The molecule has 1 heterocycles. The molecule has 0 atom stereocenters. The Morgan fingerprint density at radius 2 is 2.11 bits per heavy atom. The standard InChI is InChI=1S/C13H12BrNO4/c1-2-17-13(16)12-7-11(19-15-12)8-18-10-5-3-9(14)4-6-10/h3-7H,2,8H2,1H3. The molecule has 0 bridgehead atoms. The Balaban J connectivity index is 1.93. The van der Waals surface area contributed by atoms with Crippen molar-refractivity contribution in [3.63, 3.8) is 0 Å². The third-order valence-electron chi connectivity index (χ3n) is 2.24. The van der Waals surface area contributed by atoms with Crippen molar-refractivity contribution in [2.75, 3.05) is 6.61 Å². The van der Waals surface area contributed by atoms with Crippen LogP contribution in [-0.4, -0.2) is 17.7 Å². The Labute approximate surface area is 118 Å². The lowest BCUT2D eigenvalue weighted by Crippen LogP contribution is -2.04. The van der Waals surface area contributed by atoms with Gasteiger partial charge in [0.05, 0.1) is 6.61 Å². The smallest absolute Gasteiger partial charge is 0.360 e. The van der Waals surface area contributed by atoms with Crippen LogP contribution < -0.4 is 4.74 Å². The number of rotatable bonds is 5. The summed E-state index contributed by atoms with van der Waals surface area (Å²) >= 11 is 3.34. The van der Waals surface area contributed by atoms with Crippen LogP contribution in [0.15, 0.2) is 39.3 Å². The average Bonchev–Trinajstić information content (AvgIpc) is 2.87. The van der Waals surface area contributed by atoms with Gasteiger partial charge in [-0.25, -0.2) is 4.79 Å². The molecule has 0 radical (unpaired) electrons. The average molecular weight is 326 g/mol. The van der Waals surface area contributed by atoms with Crippen LogP contribution in [0.1, 0.15) is 23.2 Å². The molecule has 5 nitrogen and oxygen atoms in total. The minimum atomic E-state index is -0.499. The zero-order chi connectivity index (χ0) is 13.7. The van der Waals surface area contributed by atoms with Gasteiger partial charge in [-0.05, 0) is 31.2 Å². The van der Waals surface area contributed by atoms with Crippen LogP contribution in [0.2, 0.25) is 0 Å². The number of aromatic nitrogens is 1. The molecule has 19 heavy (non-hydrogen) atoms. The number of ether oxygens (including phenoxy) is 2. The number of esters is 1. The third-order valence-corrected chi connectivity index (χ3v) is 2.77. The van der Waals surface area contributed by atoms with Crippen LogP contribution in [0.4, 0.5) is 0 Å². The highest BCUT2D eigenvalue weighted by Crippen LogP contribution is 2.17. The third kappa shape index (κ3) is 3.82. The lowest BCUT2D eigenvalue weighted by molar-refractivity contribution is 0.0514. The molecule has 0 spiro atoms. The zero-order valence-corrected chi connectivity index (χ0v) is 11.8. The van der Waals surface area contributed by atoms with Crippen molar-refractivity contribution < 1.29 is 18.8 Å². The molecule has 0 aliphatic heterocycles. The second-order valence-electron chi connectivity index (χ2n) is 3.64. The first-order valence-electron chi connectivity index (χ1n) is 5.70. The Morgan fingerprint density at radius 3 is 2.79 bits per heavy atom. The van der Waals surface area contributed by atoms with Gasteiger partial charge in [-0.2, -0.15) is 0 Å². The summed E-state index contributed by atoms with van der Waals surface area (Å²) in [7, 11) is 0. The second-order valence-corrected chi connectivity index (χ2v) is 4.56. The van der Waals surface area contributed by atoms with Gasteiger partial charge in [0.2, 0.25) is 0 Å². The highest BCUT2D eigenvalue weighted by molar-refractivity contribution is 9.10. The first-order chi connectivity index (χ1) is 9.19. The molecule has 2 aromatic rings.